The lowest BCUT2D eigenvalue weighted by atomic mass is 10.2. The van der Waals surface area contributed by atoms with Gasteiger partial charge in [-0.05, 0) is 43.4 Å². The van der Waals surface area contributed by atoms with Crippen LogP contribution in [0, 0.1) is 10.6 Å². The standard InChI is InChI=1S/C9H13IN2O2/c1-6-8(11-4-7(10)12-6)14-5-9(2,3)13/h4,13H,5H2,1-3H3. The molecule has 0 radical (unpaired) electrons. The summed E-state index contributed by atoms with van der Waals surface area (Å²) < 4.78 is 6.16. The third-order valence-electron chi connectivity index (χ3n) is 1.43. The van der Waals surface area contributed by atoms with Crippen molar-refractivity contribution in [3.63, 3.8) is 0 Å². The molecule has 0 aliphatic carbocycles. The van der Waals surface area contributed by atoms with Gasteiger partial charge in [0.15, 0.2) is 0 Å². The average molecular weight is 308 g/mol. The first-order valence-corrected chi connectivity index (χ1v) is 5.31. The Bertz CT molecular complexity index is 323. The van der Waals surface area contributed by atoms with Crippen LogP contribution in [0.25, 0.3) is 0 Å². The van der Waals surface area contributed by atoms with Crippen LogP contribution < -0.4 is 4.74 Å². The molecule has 0 unspecified atom stereocenters. The molecule has 0 aromatic carbocycles. The Labute approximate surface area is 96.9 Å². The van der Waals surface area contributed by atoms with E-state index >= 15 is 0 Å². The molecule has 1 N–H and O–H groups in total. The predicted molar refractivity (Wildman–Crippen MR) is 61.3 cm³/mol. The summed E-state index contributed by atoms with van der Waals surface area (Å²) in [5.41, 5.74) is -0.113. The van der Waals surface area contributed by atoms with E-state index in [1.165, 1.54) is 0 Å². The number of hydrogen-bond donors (Lipinski definition) is 1. The summed E-state index contributed by atoms with van der Waals surface area (Å²) in [6, 6.07) is 0. The largest absolute Gasteiger partial charge is 0.473 e. The Kier molecular flexibility index (Phi) is 3.65. The molecule has 1 aromatic rings. The monoisotopic (exact) mass is 308 g/mol. The first-order chi connectivity index (χ1) is 6.38. The Morgan fingerprint density at radius 1 is 1.57 bits per heavy atom. The third-order valence-corrected chi connectivity index (χ3v) is 1.95. The van der Waals surface area contributed by atoms with Gasteiger partial charge in [-0.1, -0.05) is 0 Å². The van der Waals surface area contributed by atoms with Gasteiger partial charge in [-0.3, -0.25) is 0 Å². The second kappa shape index (κ2) is 4.39. The van der Waals surface area contributed by atoms with E-state index in [-0.39, 0.29) is 6.61 Å². The molecule has 1 rings (SSSR count). The highest BCUT2D eigenvalue weighted by atomic mass is 127. The molecule has 14 heavy (non-hydrogen) atoms. The van der Waals surface area contributed by atoms with Gasteiger partial charge in [0.25, 0.3) is 0 Å². The second-order valence-corrected chi connectivity index (χ2v) is 4.79. The van der Waals surface area contributed by atoms with E-state index in [1.807, 2.05) is 6.92 Å². The van der Waals surface area contributed by atoms with Crippen molar-refractivity contribution in [2.75, 3.05) is 6.61 Å². The van der Waals surface area contributed by atoms with Gasteiger partial charge in [0, 0.05) is 0 Å². The highest BCUT2D eigenvalue weighted by Crippen LogP contribution is 2.14. The maximum atomic E-state index is 9.45. The maximum Gasteiger partial charge on any atom is 0.235 e. The molecule has 0 bridgehead atoms. The molecule has 1 heterocycles. The number of hydrogen-bond acceptors (Lipinski definition) is 4. The predicted octanol–water partition coefficient (Wildman–Crippen LogP) is 1.54. The molecule has 0 saturated carbocycles. The van der Waals surface area contributed by atoms with E-state index in [0.717, 1.165) is 9.39 Å². The SMILES string of the molecule is Cc1nc(I)cnc1OCC(C)(C)O. The molecule has 4 nitrogen and oxygen atoms in total. The number of aryl methyl sites for hydroxylation is 1. The van der Waals surface area contributed by atoms with Crippen molar-refractivity contribution < 1.29 is 9.84 Å². The van der Waals surface area contributed by atoms with Crippen molar-refractivity contribution in [3.05, 3.63) is 15.6 Å². The Morgan fingerprint density at radius 3 is 2.71 bits per heavy atom. The smallest absolute Gasteiger partial charge is 0.235 e. The highest BCUT2D eigenvalue weighted by molar-refractivity contribution is 14.1. The molecule has 78 valence electrons. The van der Waals surface area contributed by atoms with Crippen molar-refractivity contribution in [3.8, 4) is 5.88 Å². The first kappa shape index (κ1) is 11.6. The van der Waals surface area contributed by atoms with Crippen LogP contribution in [0.2, 0.25) is 0 Å². The van der Waals surface area contributed by atoms with E-state index in [4.69, 9.17) is 4.74 Å². The summed E-state index contributed by atoms with van der Waals surface area (Å²) in [7, 11) is 0. The quantitative estimate of drug-likeness (QED) is 0.861. The summed E-state index contributed by atoms with van der Waals surface area (Å²) in [6.07, 6.45) is 1.63. The molecule has 0 atom stereocenters. The maximum absolute atomic E-state index is 9.45. The van der Waals surface area contributed by atoms with Crippen LogP contribution in [0.3, 0.4) is 0 Å². The normalized spacial score (nSPS) is 11.5. The van der Waals surface area contributed by atoms with Crippen LogP contribution in [-0.2, 0) is 0 Å². The number of ether oxygens (including phenoxy) is 1. The second-order valence-electron chi connectivity index (χ2n) is 3.68. The molecule has 0 saturated heterocycles. The summed E-state index contributed by atoms with van der Waals surface area (Å²) in [5, 5.41) is 9.45. The molecular formula is C9H13IN2O2. The van der Waals surface area contributed by atoms with Crippen LogP contribution in [0.5, 0.6) is 5.88 Å². The molecule has 5 heteroatoms. The van der Waals surface area contributed by atoms with Crippen LogP contribution in [0.4, 0.5) is 0 Å². The van der Waals surface area contributed by atoms with E-state index < -0.39 is 5.60 Å². The molecular weight excluding hydrogens is 295 g/mol. The zero-order valence-electron chi connectivity index (χ0n) is 8.41. The Balaban J connectivity index is 2.68. The molecule has 0 amide bonds. The average Bonchev–Trinajstić information content (AvgIpc) is 2.00. The lowest BCUT2D eigenvalue weighted by molar-refractivity contribution is 0.0264. The lowest BCUT2D eigenvalue weighted by Crippen LogP contribution is -2.28. The van der Waals surface area contributed by atoms with Gasteiger partial charge in [-0.25, -0.2) is 9.97 Å². The van der Waals surface area contributed by atoms with Gasteiger partial charge in [0.1, 0.15) is 16.0 Å². The van der Waals surface area contributed by atoms with Crippen LogP contribution >= 0.6 is 22.6 Å². The minimum Gasteiger partial charge on any atom is -0.473 e. The molecule has 1 aromatic heterocycles. The summed E-state index contributed by atoms with van der Waals surface area (Å²) in [5.74, 6) is 0.479. The molecule has 0 spiro atoms. The number of nitrogens with zero attached hydrogens (tertiary/aromatic N) is 2. The molecule has 0 fully saturated rings. The van der Waals surface area contributed by atoms with Gasteiger partial charge in [-0.15, -0.1) is 0 Å². The van der Waals surface area contributed by atoms with Gasteiger partial charge in [0.05, 0.1) is 11.8 Å². The van der Waals surface area contributed by atoms with Crippen LogP contribution in [0.1, 0.15) is 19.5 Å². The van der Waals surface area contributed by atoms with Crippen LogP contribution in [0.15, 0.2) is 6.20 Å². The van der Waals surface area contributed by atoms with Crippen LogP contribution in [-0.4, -0.2) is 27.3 Å². The third kappa shape index (κ3) is 3.75. The van der Waals surface area contributed by atoms with Gasteiger partial charge in [-0.2, -0.15) is 0 Å². The number of aliphatic hydroxyl groups is 1. The van der Waals surface area contributed by atoms with Crippen molar-refractivity contribution in [2.45, 2.75) is 26.4 Å². The van der Waals surface area contributed by atoms with E-state index in [2.05, 4.69) is 32.6 Å². The fraction of sp³-hybridized carbons (Fsp3) is 0.556. The van der Waals surface area contributed by atoms with Gasteiger partial charge in [0.2, 0.25) is 5.88 Å². The summed E-state index contributed by atoms with van der Waals surface area (Å²) >= 11 is 2.09. The zero-order valence-corrected chi connectivity index (χ0v) is 10.6. The summed E-state index contributed by atoms with van der Waals surface area (Å²) in [6.45, 7) is 5.41. The first-order valence-electron chi connectivity index (χ1n) is 4.23. The van der Waals surface area contributed by atoms with Crippen molar-refractivity contribution in [2.24, 2.45) is 0 Å². The van der Waals surface area contributed by atoms with Gasteiger partial charge >= 0.3 is 0 Å². The fourth-order valence-electron chi connectivity index (χ4n) is 0.829. The Morgan fingerprint density at radius 2 is 2.21 bits per heavy atom. The molecule has 0 aliphatic heterocycles. The lowest BCUT2D eigenvalue weighted by Gasteiger charge is -2.17. The highest BCUT2D eigenvalue weighted by Gasteiger charge is 2.14. The van der Waals surface area contributed by atoms with Crippen molar-refractivity contribution >= 4 is 22.6 Å². The zero-order chi connectivity index (χ0) is 10.8. The van der Waals surface area contributed by atoms with E-state index in [1.54, 1.807) is 20.0 Å². The van der Waals surface area contributed by atoms with Crippen molar-refractivity contribution in [1.29, 1.82) is 0 Å². The Hall–Kier alpha value is -0.430. The number of aromatic nitrogens is 2. The van der Waals surface area contributed by atoms with E-state index in [9.17, 15) is 5.11 Å². The fourth-order valence-corrected chi connectivity index (χ4v) is 1.33. The summed E-state index contributed by atoms with van der Waals surface area (Å²) in [4.78, 5) is 8.27. The molecule has 0 aliphatic rings. The topological polar surface area (TPSA) is 55.2 Å². The number of halogens is 1. The van der Waals surface area contributed by atoms with E-state index in [0.29, 0.717) is 5.88 Å². The minimum atomic E-state index is -0.850. The van der Waals surface area contributed by atoms with Crippen molar-refractivity contribution in [1.82, 2.24) is 9.97 Å². The number of rotatable bonds is 3. The minimum absolute atomic E-state index is 0.211. The van der Waals surface area contributed by atoms with Gasteiger partial charge < -0.3 is 9.84 Å².